The molecule has 20 heavy (non-hydrogen) atoms. The Morgan fingerprint density at radius 2 is 2.40 bits per heavy atom. The zero-order valence-corrected chi connectivity index (χ0v) is 12.9. The second kappa shape index (κ2) is 7.06. The summed E-state index contributed by atoms with van der Waals surface area (Å²) in [5.74, 6) is -0.0106. The lowest BCUT2D eigenvalue weighted by atomic mass is 10.1. The zero-order valence-electron chi connectivity index (χ0n) is 11.3. The summed E-state index contributed by atoms with van der Waals surface area (Å²) in [5, 5.41) is 8.82. The summed E-state index contributed by atoms with van der Waals surface area (Å²) in [4.78, 5) is 12.9. The van der Waals surface area contributed by atoms with Crippen LogP contribution in [0.4, 0.5) is 0 Å². The molecule has 0 aromatic heterocycles. The van der Waals surface area contributed by atoms with Gasteiger partial charge in [0.25, 0.3) is 0 Å². The number of ether oxygens (including phenoxy) is 2. The van der Waals surface area contributed by atoms with Gasteiger partial charge in [0.15, 0.2) is 0 Å². The van der Waals surface area contributed by atoms with E-state index in [9.17, 15) is 4.79 Å². The molecule has 1 aliphatic heterocycles. The molecule has 110 valence electrons. The van der Waals surface area contributed by atoms with Crippen molar-refractivity contribution in [1.82, 2.24) is 4.90 Å². The molecule has 1 saturated heterocycles. The Morgan fingerprint density at radius 3 is 3.05 bits per heavy atom. The number of benzene rings is 1. The van der Waals surface area contributed by atoms with Crippen LogP contribution in [0, 0.1) is 0 Å². The van der Waals surface area contributed by atoms with Crippen LogP contribution in [-0.4, -0.2) is 48.9 Å². The topological polar surface area (TPSA) is 59.0 Å². The number of morpholine rings is 1. The molecule has 1 atom stereocenters. The molecule has 2 rings (SSSR count). The molecule has 1 N–H and O–H groups in total. The van der Waals surface area contributed by atoms with E-state index in [2.05, 4.69) is 20.8 Å². The van der Waals surface area contributed by atoms with Crippen LogP contribution in [0.2, 0.25) is 0 Å². The Bertz CT molecular complexity index is 480. The lowest BCUT2D eigenvalue weighted by Gasteiger charge is -2.32. The fourth-order valence-electron chi connectivity index (χ4n) is 2.31. The molecule has 1 fully saturated rings. The van der Waals surface area contributed by atoms with Crippen LogP contribution in [0.15, 0.2) is 22.7 Å². The molecular formula is C14H18BrNO4. The Hall–Kier alpha value is -1.11. The minimum Gasteiger partial charge on any atom is -0.496 e. The summed E-state index contributed by atoms with van der Waals surface area (Å²) in [5.41, 5.74) is 1.16. The van der Waals surface area contributed by atoms with E-state index in [0.717, 1.165) is 28.9 Å². The van der Waals surface area contributed by atoms with Gasteiger partial charge in [0.05, 0.1) is 30.7 Å². The molecule has 0 radical (unpaired) electrons. The van der Waals surface area contributed by atoms with Crippen molar-refractivity contribution in [1.29, 1.82) is 0 Å². The number of methoxy groups -OCH3 is 1. The normalized spacial score (nSPS) is 19.8. The number of hydrogen-bond donors (Lipinski definition) is 1. The van der Waals surface area contributed by atoms with Gasteiger partial charge in [0.2, 0.25) is 0 Å². The highest BCUT2D eigenvalue weighted by atomic mass is 79.9. The molecule has 0 amide bonds. The van der Waals surface area contributed by atoms with Crippen molar-refractivity contribution in [2.24, 2.45) is 0 Å². The van der Waals surface area contributed by atoms with Gasteiger partial charge in [-0.25, -0.2) is 0 Å². The molecule has 5 nitrogen and oxygen atoms in total. The molecule has 6 heteroatoms. The first-order valence-electron chi connectivity index (χ1n) is 6.46. The smallest absolute Gasteiger partial charge is 0.306 e. The van der Waals surface area contributed by atoms with Crippen molar-refractivity contribution in [3.05, 3.63) is 28.2 Å². The monoisotopic (exact) mass is 343 g/mol. The average Bonchev–Trinajstić information content (AvgIpc) is 2.38. The predicted octanol–water partition coefficient (Wildman–Crippen LogP) is 2.13. The predicted molar refractivity (Wildman–Crippen MR) is 78.0 cm³/mol. The van der Waals surface area contributed by atoms with Crippen molar-refractivity contribution < 1.29 is 19.4 Å². The highest BCUT2D eigenvalue weighted by Gasteiger charge is 2.22. The highest BCUT2D eigenvalue weighted by Crippen LogP contribution is 2.26. The Labute approximate surface area is 126 Å². The maximum Gasteiger partial charge on any atom is 0.306 e. The maximum atomic E-state index is 10.7. The van der Waals surface area contributed by atoms with E-state index in [1.807, 2.05) is 18.2 Å². The van der Waals surface area contributed by atoms with Crippen LogP contribution in [0.1, 0.15) is 12.0 Å². The van der Waals surface area contributed by atoms with Gasteiger partial charge < -0.3 is 14.6 Å². The Balaban J connectivity index is 1.95. The molecule has 1 unspecified atom stereocenters. The number of aliphatic carboxylic acids is 1. The molecule has 0 spiro atoms. The van der Waals surface area contributed by atoms with Gasteiger partial charge >= 0.3 is 5.97 Å². The molecule has 0 saturated carbocycles. The summed E-state index contributed by atoms with van der Waals surface area (Å²) in [6.07, 6.45) is -0.161. The third-order valence-electron chi connectivity index (χ3n) is 3.25. The third kappa shape index (κ3) is 4.19. The minimum atomic E-state index is -0.816. The lowest BCUT2D eigenvalue weighted by Crippen LogP contribution is -2.42. The van der Waals surface area contributed by atoms with E-state index in [0.29, 0.717) is 13.2 Å². The third-order valence-corrected chi connectivity index (χ3v) is 3.87. The van der Waals surface area contributed by atoms with E-state index in [1.54, 1.807) is 7.11 Å². The average molecular weight is 344 g/mol. The van der Waals surface area contributed by atoms with Gasteiger partial charge in [-0.15, -0.1) is 0 Å². The van der Waals surface area contributed by atoms with Gasteiger partial charge in [0.1, 0.15) is 5.75 Å². The minimum absolute atomic E-state index is 0.0583. The van der Waals surface area contributed by atoms with E-state index in [4.69, 9.17) is 14.6 Å². The fraction of sp³-hybridized carbons (Fsp3) is 0.500. The standard InChI is InChI=1S/C14H18BrNO4/c1-19-13-3-2-10(6-12(13)15)8-16-4-5-20-11(9-16)7-14(17)18/h2-3,6,11H,4-5,7-9H2,1H3,(H,17,18). The summed E-state index contributed by atoms with van der Waals surface area (Å²) in [7, 11) is 1.64. The van der Waals surface area contributed by atoms with E-state index >= 15 is 0 Å². The van der Waals surface area contributed by atoms with Crippen molar-refractivity contribution >= 4 is 21.9 Å². The molecule has 0 bridgehead atoms. The molecular weight excluding hydrogens is 326 g/mol. The van der Waals surface area contributed by atoms with Crippen LogP contribution in [-0.2, 0) is 16.1 Å². The molecule has 0 aliphatic carbocycles. The summed E-state index contributed by atoms with van der Waals surface area (Å²) in [6, 6.07) is 5.97. The van der Waals surface area contributed by atoms with Crippen molar-refractivity contribution in [2.45, 2.75) is 19.1 Å². The van der Waals surface area contributed by atoms with Gasteiger partial charge in [-0.3, -0.25) is 9.69 Å². The number of hydrogen-bond acceptors (Lipinski definition) is 4. The summed E-state index contributed by atoms with van der Waals surface area (Å²) in [6.45, 7) is 2.83. The molecule has 1 heterocycles. The lowest BCUT2D eigenvalue weighted by molar-refractivity contribution is -0.142. The summed E-state index contributed by atoms with van der Waals surface area (Å²) >= 11 is 3.47. The Kier molecular flexibility index (Phi) is 5.39. The number of carboxylic acids is 1. The van der Waals surface area contributed by atoms with Crippen molar-refractivity contribution in [2.75, 3.05) is 26.8 Å². The number of nitrogens with zero attached hydrogens (tertiary/aromatic N) is 1. The van der Waals surface area contributed by atoms with E-state index in [-0.39, 0.29) is 12.5 Å². The second-order valence-corrected chi connectivity index (χ2v) is 5.65. The first-order chi connectivity index (χ1) is 9.58. The van der Waals surface area contributed by atoms with Crippen LogP contribution in [0.3, 0.4) is 0 Å². The van der Waals surface area contributed by atoms with Crippen LogP contribution >= 0.6 is 15.9 Å². The van der Waals surface area contributed by atoms with E-state index in [1.165, 1.54) is 0 Å². The van der Waals surface area contributed by atoms with Crippen LogP contribution in [0.25, 0.3) is 0 Å². The zero-order chi connectivity index (χ0) is 14.5. The van der Waals surface area contributed by atoms with Gasteiger partial charge in [-0.05, 0) is 33.6 Å². The van der Waals surface area contributed by atoms with Crippen molar-refractivity contribution in [3.8, 4) is 5.75 Å². The number of carboxylic acid groups (broad SMARTS) is 1. The quantitative estimate of drug-likeness (QED) is 0.887. The number of rotatable bonds is 5. The SMILES string of the molecule is COc1ccc(CN2CCOC(CC(=O)O)C2)cc1Br. The van der Waals surface area contributed by atoms with Crippen molar-refractivity contribution in [3.63, 3.8) is 0 Å². The molecule has 1 aromatic carbocycles. The fourth-order valence-corrected chi connectivity index (χ4v) is 2.90. The highest BCUT2D eigenvalue weighted by molar-refractivity contribution is 9.10. The van der Waals surface area contributed by atoms with Gasteiger partial charge in [0, 0.05) is 19.6 Å². The Morgan fingerprint density at radius 1 is 1.60 bits per heavy atom. The summed E-state index contributed by atoms with van der Waals surface area (Å²) < 4.78 is 11.6. The number of halogens is 1. The first-order valence-corrected chi connectivity index (χ1v) is 7.26. The number of carbonyl (C=O) groups is 1. The van der Waals surface area contributed by atoms with Crippen LogP contribution < -0.4 is 4.74 Å². The maximum absolute atomic E-state index is 10.7. The van der Waals surface area contributed by atoms with Gasteiger partial charge in [-0.2, -0.15) is 0 Å². The second-order valence-electron chi connectivity index (χ2n) is 4.79. The molecule has 1 aliphatic rings. The van der Waals surface area contributed by atoms with E-state index < -0.39 is 5.97 Å². The first kappa shape index (κ1) is 15.3. The van der Waals surface area contributed by atoms with Gasteiger partial charge in [-0.1, -0.05) is 6.07 Å². The molecule has 1 aromatic rings. The van der Waals surface area contributed by atoms with Crippen LogP contribution in [0.5, 0.6) is 5.75 Å². The largest absolute Gasteiger partial charge is 0.496 e.